The summed E-state index contributed by atoms with van der Waals surface area (Å²) in [5, 5.41) is 30.6. The van der Waals surface area contributed by atoms with Gasteiger partial charge in [-0.1, -0.05) is 31.6 Å². The van der Waals surface area contributed by atoms with E-state index in [1.165, 1.54) is 0 Å². The Morgan fingerprint density at radius 3 is 2.48 bits per heavy atom. The number of rotatable bonds is 3. The molecule has 0 radical (unpaired) electrons. The SMILES string of the molecule is C=C[C@]1(C)C=C2CC[C@@H]3C(CO)(CO)[C@@H](O)CC[C@]3(C)[C@H]2CC1. The predicted molar refractivity (Wildman–Crippen MR) is 91.8 cm³/mol. The van der Waals surface area contributed by atoms with E-state index in [1.54, 1.807) is 5.57 Å². The average molecular weight is 320 g/mol. The van der Waals surface area contributed by atoms with Crippen LogP contribution < -0.4 is 0 Å². The quantitative estimate of drug-likeness (QED) is 0.700. The van der Waals surface area contributed by atoms with Crippen LogP contribution in [0.4, 0.5) is 0 Å². The molecule has 0 aromatic carbocycles. The van der Waals surface area contributed by atoms with Crippen LogP contribution in [0, 0.1) is 28.1 Å². The summed E-state index contributed by atoms with van der Waals surface area (Å²) in [7, 11) is 0. The first-order valence-corrected chi connectivity index (χ1v) is 9.10. The van der Waals surface area contributed by atoms with Gasteiger partial charge in [0.2, 0.25) is 0 Å². The third-order valence-corrected chi connectivity index (χ3v) is 7.62. The van der Waals surface area contributed by atoms with Gasteiger partial charge < -0.3 is 15.3 Å². The molecule has 2 saturated carbocycles. The molecule has 0 aromatic rings. The Morgan fingerprint density at radius 1 is 1.17 bits per heavy atom. The molecule has 0 heterocycles. The van der Waals surface area contributed by atoms with Gasteiger partial charge in [0.25, 0.3) is 0 Å². The van der Waals surface area contributed by atoms with Crippen molar-refractivity contribution >= 4 is 0 Å². The smallest absolute Gasteiger partial charge is 0.0643 e. The van der Waals surface area contributed by atoms with E-state index in [1.807, 2.05) is 0 Å². The van der Waals surface area contributed by atoms with Gasteiger partial charge in [-0.15, -0.1) is 6.58 Å². The van der Waals surface area contributed by atoms with Gasteiger partial charge in [-0.25, -0.2) is 0 Å². The summed E-state index contributed by atoms with van der Waals surface area (Å²) in [6.07, 6.45) is 9.78. The lowest BCUT2D eigenvalue weighted by atomic mass is 9.44. The Labute approximate surface area is 140 Å². The molecule has 3 nitrogen and oxygen atoms in total. The fourth-order valence-electron chi connectivity index (χ4n) is 6.02. The zero-order valence-corrected chi connectivity index (χ0v) is 14.6. The molecule has 0 saturated heterocycles. The molecule has 3 heteroatoms. The van der Waals surface area contributed by atoms with Crippen molar-refractivity contribution in [1.29, 1.82) is 0 Å². The lowest BCUT2D eigenvalue weighted by Crippen LogP contribution is -2.60. The van der Waals surface area contributed by atoms with Gasteiger partial charge in [-0.2, -0.15) is 0 Å². The molecule has 3 aliphatic rings. The highest BCUT2D eigenvalue weighted by Gasteiger charge is 2.60. The summed E-state index contributed by atoms with van der Waals surface area (Å²) >= 11 is 0. The van der Waals surface area contributed by atoms with Crippen molar-refractivity contribution in [1.82, 2.24) is 0 Å². The van der Waals surface area contributed by atoms with Crippen LogP contribution in [0.3, 0.4) is 0 Å². The van der Waals surface area contributed by atoms with Crippen LogP contribution in [0.2, 0.25) is 0 Å². The second-order valence-electron chi connectivity index (χ2n) is 8.72. The van der Waals surface area contributed by atoms with Gasteiger partial charge in [0, 0.05) is 10.8 Å². The predicted octanol–water partition coefficient (Wildman–Crippen LogP) is 3.06. The molecule has 0 aliphatic heterocycles. The number of aliphatic hydroxyl groups excluding tert-OH is 3. The first-order chi connectivity index (χ1) is 10.8. The van der Waals surface area contributed by atoms with Crippen LogP contribution in [-0.4, -0.2) is 34.6 Å². The van der Waals surface area contributed by atoms with Crippen molar-refractivity contribution in [3.05, 3.63) is 24.3 Å². The van der Waals surface area contributed by atoms with E-state index >= 15 is 0 Å². The van der Waals surface area contributed by atoms with Crippen LogP contribution in [0.1, 0.15) is 52.4 Å². The molecule has 0 bridgehead atoms. The highest BCUT2D eigenvalue weighted by Crippen LogP contribution is 2.63. The number of hydrogen-bond donors (Lipinski definition) is 3. The molecular weight excluding hydrogens is 288 g/mol. The minimum absolute atomic E-state index is 0.0667. The van der Waals surface area contributed by atoms with Crippen LogP contribution in [0.25, 0.3) is 0 Å². The van der Waals surface area contributed by atoms with Crippen molar-refractivity contribution in [2.75, 3.05) is 13.2 Å². The normalized spacial score (nSPS) is 45.6. The van der Waals surface area contributed by atoms with Crippen molar-refractivity contribution in [2.45, 2.75) is 58.5 Å². The first kappa shape index (κ1) is 17.2. The molecule has 0 amide bonds. The molecule has 0 unspecified atom stereocenters. The third kappa shape index (κ3) is 2.35. The third-order valence-electron chi connectivity index (χ3n) is 7.62. The Kier molecular flexibility index (Phi) is 4.27. The molecule has 3 N–H and O–H groups in total. The number of hydrogen-bond acceptors (Lipinski definition) is 3. The van der Waals surface area contributed by atoms with Crippen molar-refractivity contribution in [3.63, 3.8) is 0 Å². The second kappa shape index (κ2) is 5.72. The van der Waals surface area contributed by atoms with Crippen molar-refractivity contribution in [3.8, 4) is 0 Å². The molecule has 2 fully saturated rings. The van der Waals surface area contributed by atoms with Gasteiger partial charge in [0.1, 0.15) is 0 Å². The fourth-order valence-corrected chi connectivity index (χ4v) is 6.02. The van der Waals surface area contributed by atoms with E-state index in [0.29, 0.717) is 12.3 Å². The zero-order valence-electron chi connectivity index (χ0n) is 14.6. The summed E-state index contributed by atoms with van der Waals surface area (Å²) < 4.78 is 0. The van der Waals surface area contributed by atoms with Gasteiger partial charge in [-0.3, -0.25) is 0 Å². The molecular formula is C20H32O3. The van der Waals surface area contributed by atoms with Crippen LogP contribution in [0.15, 0.2) is 24.3 Å². The van der Waals surface area contributed by atoms with E-state index in [4.69, 9.17) is 0 Å². The zero-order chi connectivity index (χ0) is 16.9. The standard InChI is InChI=1S/C20H32O3/c1-4-18(2)9-7-15-14(11-18)5-6-16-19(15,3)10-8-17(23)20(16,12-21)13-22/h4,11,15-17,21-23H,1,5-10,12-13H2,2-3H3/t15-,16-,17-,18-,19+/m0/s1. The lowest BCUT2D eigenvalue weighted by Gasteiger charge is -2.61. The van der Waals surface area contributed by atoms with E-state index in [9.17, 15) is 15.3 Å². The molecule has 23 heavy (non-hydrogen) atoms. The lowest BCUT2D eigenvalue weighted by molar-refractivity contribution is -0.180. The maximum absolute atomic E-state index is 10.5. The van der Waals surface area contributed by atoms with Crippen LogP contribution in [0.5, 0.6) is 0 Å². The summed E-state index contributed by atoms with van der Waals surface area (Å²) in [6, 6.07) is 0. The summed E-state index contributed by atoms with van der Waals surface area (Å²) in [5.41, 5.74) is 0.974. The van der Waals surface area contributed by atoms with Crippen molar-refractivity contribution in [2.24, 2.45) is 28.1 Å². The highest BCUT2D eigenvalue weighted by molar-refractivity contribution is 5.27. The van der Waals surface area contributed by atoms with Gasteiger partial charge in [0.15, 0.2) is 0 Å². The second-order valence-corrected chi connectivity index (χ2v) is 8.72. The summed E-state index contributed by atoms with van der Waals surface area (Å²) in [6.45, 7) is 8.35. The van der Waals surface area contributed by atoms with Gasteiger partial charge in [0.05, 0.1) is 19.3 Å². The number of aliphatic hydroxyl groups is 3. The van der Waals surface area contributed by atoms with Gasteiger partial charge in [-0.05, 0) is 55.8 Å². The fraction of sp³-hybridized carbons (Fsp3) is 0.800. The molecule has 3 rings (SSSR count). The monoisotopic (exact) mass is 320 g/mol. The van der Waals surface area contributed by atoms with E-state index in [0.717, 1.165) is 32.1 Å². The van der Waals surface area contributed by atoms with Crippen LogP contribution >= 0.6 is 0 Å². The number of fused-ring (bicyclic) bond motifs is 3. The summed E-state index contributed by atoms with van der Waals surface area (Å²) in [5.74, 6) is 0.697. The summed E-state index contributed by atoms with van der Waals surface area (Å²) in [4.78, 5) is 0. The minimum atomic E-state index is -0.738. The maximum Gasteiger partial charge on any atom is 0.0643 e. The van der Waals surface area contributed by atoms with E-state index in [-0.39, 0.29) is 30.0 Å². The maximum atomic E-state index is 10.5. The average Bonchev–Trinajstić information content (AvgIpc) is 2.55. The highest BCUT2D eigenvalue weighted by atomic mass is 16.3. The van der Waals surface area contributed by atoms with Crippen LogP contribution in [-0.2, 0) is 0 Å². The Hall–Kier alpha value is -0.640. The first-order valence-electron chi connectivity index (χ1n) is 9.10. The molecule has 3 aliphatic carbocycles. The van der Waals surface area contributed by atoms with E-state index < -0.39 is 11.5 Å². The molecule has 5 atom stereocenters. The topological polar surface area (TPSA) is 60.7 Å². The molecule has 0 aromatic heterocycles. The minimum Gasteiger partial charge on any atom is -0.396 e. The van der Waals surface area contributed by atoms with Crippen molar-refractivity contribution < 1.29 is 15.3 Å². The van der Waals surface area contributed by atoms with Gasteiger partial charge >= 0.3 is 0 Å². The molecule has 130 valence electrons. The van der Waals surface area contributed by atoms with E-state index in [2.05, 4.69) is 32.6 Å². The molecule has 0 spiro atoms. The number of allylic oxidation sites excluding steroid dienone is 3. The Bertz CT molecular complexity index is 507. The largest absolute Gasteiger partial charge is 0.396 e. The Balaban J connectivity index is 2.00. The Morgan fingerprint density at radius 2 is 1.87 bits per heavy atom.